The number of hydrogen-bond acceptors (Lipinski definition) is 3. The fourth-order valence-electron chi connectivity index (χ4n) is 4.84. The van der Waals surface area contributed by atoms with Gasteiger partial charge in [0.2, 0.25) is 15.9 Å². The summed E-state index contributed by atoms with van der Waals surface area (Å²) in [7, 11) is -4.40. The molecular weight excluding hydrogens is 505 g/mol. The Morgan fingerprint density at radius 1 is 1.06 bits per heavy atom. The molecule has 13 heteroatoms. The summed E-state index contributed by atoms with van der Waals surface area (Å²) in [5.41, 5.74) is -0.386. The van der Waals surface area contributed by atoms with E-state index >= 15 is 0 Å². The highest BCUT2D eigenvalue weighted by atomic mass is 32.2. The zero-order valence-electron chi connectivity index (χ0n) is 18.8. The topological polar surface area (TPSA) is 66.5 Å². The molecular formula is C22H27F7N2O3S. The number of rotatable bonds is 7. The van der Waals surface area contributed by atoms with Crippen molar-refractivity contribution >= 4 is 15.9 Å². The Balaban J connectivity index is 1.79. The molecule has 1 saturated carbocycles. The van der Waals surface area contributed by atoms with Gasteiger partial charge in [0.1, 0.15) is 16.4 Å². The minimum Gasteiger partial charge on any atom is -0.356 e. The first-order chi connectivity index (χ1) is 16.2. The highest BCUT2D eigenvalue weighted by Gasteiger charge is 2.53. The van der Waals surface area contributed by atoms with Gasteiger partial charge in [-0.25, -0.2) is 30.3 Å². The largest absolute Gasteiger partial charge is 0.390 e. The number of sulfonamides is 1. The lowest BCUT2D eigenvalue weighted by molar-refractivity contribution is -0.135. The van der Waals surface area contributed by atoms with Crippen molar-refractivity contribution in [3.63, 3.8) is 0 Å². The Labute approximate surface area is 199 Å². The molecule has 0 spiro atoms. The Kier molecular flexibility index (Phi) is 8.10. The van der Waals surface area contributed by atoms with Crippen LogP contribution in [0.25, 0.3) is 0 Å². The summed E-state index contributed by atoms with van der Waals surface area (Å²) in [6.07, 6.45) is -7.29. The van der Waals surface area contributed by atoms with Crippen molar-refractivity contribution in [2.24, 2.45) is 5.92 Å². The fourth-order valence-corrected chi connectivity index (χ4v) is 7.18. The number of alkyl halides is 5. The maximum absolute atomic E-state index is 14.8. The monoisotopic (exact) mass is 532 g/mol. The summed E-state index contributed by atoms with van der Waals surface area (Å²) in [6, 6.07) is 2.46. The number of benzene rings is 1. The van der Waals surface area contributed by atoms with Gasteiger partial charge >= 0.3 is 6.18 Å². The van der Waals surface area contributed by atoms with Gasteiger partial charge < -0.3 is 5.32 Å². The van der Waals surface area contributed by atoms with Crippen LogP contribution in [0.15, 0.2) is 18.2 Å². The third kappa shape index (κ3) is 6.46. The molecule has 198 valence electrons. The van der Waals surface area contributed by atoms with Crippen molar-refractivity contribution in [1.29, 1.82) is 0 Å². The van der Waals surface area contributed by atoms with Gasteiger partial charge in [-0.15, -0.1) is 0 Å². The quantitative estimate of drug-likeness (QED) is 0.510. The molecule has 1 amide bonds. The zero-order valence-corrected chi connectivity index (χ0v) is 19.6. The summed E-state index contributed by atoms with van der Waals surface area (Å²) >= 11 is 0. The van der Waals surface area contributed by atoms with Crippen molar-refractivity contribution in [2.75, 3.05) is 19.6 Å². The van der Waals surface area contributed by atoms with E-state index in [4.69, 9.17) is 0 Å². The van der Waals surface area contributed by atoms with E-state index in [0.717, 1.165) is 22.5 Å². The number of carbonyl (C=O) groups excluding carboxylic acids is 1. The van der Waals surface area contributed by atoms with Crippen LogP contribution in [-0.4, -0.2) is 50.4 Å². The van der Waals surface area contributed by atoms with E-state index in [2.05, 4.69) is 5.32 Å². The van der Waals surface area contributed by atoms with Gasteiger partial charge in [0.05, 0.1) is 6.42 Å². The molecule has 1 aromatic carbocycles. The first-order valence-electron chi connectivity index (χ1n) is 11.3. The molecule has 1 aliphatic carbocycles. The van der Waals surface area contributed by atoms with Gasteiger partial charge in [-0.1, -0.05) is 0 Å². The van der Waals surface area contributed by atoms with E-state index in [1.807, 2.05) is 0 Å². The van der Waals surface area contributed by atoms with Crippen molar-refractivity contribution in [1.82, 2.24) is 9.62 Å². The van der Waals surface area contributed by atoms with Crippen LogP contribution in [0.5, 0.6) is 0 Å². The van der Waals surface area contributed by atoms with E-state index in [0.29, 0.717) is 0 Å². The van der Waals surface area contributed by atoms with Crippen molar-refractivity contribution in [3.05, 3.63) is 35.4 Å². The maximum atomic E-state index is 14.8. The van der Waals surface area contributed by atoms with E-state index in [9.17, 15) is 43.9 Å². The highest BCUT2D eigenvalue weighted by Crippen LogP contribution is 2.49. The average Bonchev–Trinajstić information content (AvgIpc) is 2.75. The highest BCUT2D eigenvalue weighted by molar-refractivity contribution is 7.90. The molecule has 2 aliphatic rings. The predicted octanol–water partition coefficient (Wildman–Crippen LogP) is 4.87. The third-order valence-corrected chi connectivity index (χ3v) is 9.49. The number of amides is 1. The van der Waals surface area contributed by atoms with Gasteiger partial charge in [-0.05, 0) is 49.8 Å². The minimum absolute atomic E-state index is 0.103. The van der Waals surface area contributed by atoms with Gasteiger partial charge in [0.25, 0.3) is 5.92 Å². The molecule has 35 heavy (non-hydrogen) atoms. The summed E-state index contributed by atoms with van der Waals surface area (Å²) in [5.74, 6) is -5.82. The Morgan fingerprint density at radius 3 is 2.23 bits per heavy atom. The van der Waals surface area contributed by atoms with Gasteiger partial charge in [-0.2, -0.15) is 13.2 Å². The zero-order chi connectivity index (χ0) is 26.1. The van der Waals surface area contributed by atoms with Gasteiger partial charge in [-0.3, -0.25) is 4.79 Å². The van der Waals surface area contributed by atoms with E-state index in [-0.39, 0.29) is 43.6 Å². The molecule has 0 atom stereocenters. The van der Waals surface area contributed by atoms with Gasteiger partial charge in [0, 0.05) is 44.5 Å². The lowest BCUT2D eigenvalue weighted by Gasteiger charge is -2.44. The van der Waals surface area contributed by atoms with Crippen LogP contribution in [0, 0.1) is 17.6 Å². The Bertz CT molecular complexity index is 1010. The van der Waals surface area contributed by atoms with Crippen LogP contribution in [0.4, 0.5) is 30.7 Å². The SMILES string of the molecule is O=C(CC1CCC(c2cc(F)ccc2F)(S(=O)(=O)N2CCC(F)(F)CC2)CC1)NCCC(F)(F)F. The van der Waals surface area contributed by atoms with Crippen LogP contribution >= 0.6 is 0 Å². The summed E-state index contributed by atoms with van der Waals surface area (Å²) in [5, 5.41) is 2.18. The molecule has 3 rings (SSSR count). The van der Waals surface area contributed by atoms with Crippen LogP contribution in [0.3, 0.4) is 0 Å². The summed E-state index contributed by atoms with van der Waals surface area (Å²) in [6.45, 7) is -1.50. The van der Waals surface area contributed by atoms with E-state index in [1.54, 1.807) is 0 Å². The average molecular weight is 533 g/mol. The molecule has 0 unspecified atom stereocenters. The Hall–Kier alpha value is -1.89. The number of halogens is 7. The molecule has 1 aliphatic heterocycles. The Morgan fingerprint density at radius 2 is 1.66 bits per heavy atom. The molecule has 1 N–H and O–H groups in total. The van der Waals surface area contributed by atoms with Crippen LogP contribution < -0.4 is 5.32 Å². The van der Waals surface area contributed by atoms with E-state index < -0.39 is 83.3 Å². The third-order valence-electron chi connectivity index (χ3n) is 6.82. The normalized spacial score (nSPS) is 25.9. The molecule has 1 saturated heterocycles. The molecule has 2 fully saturated rings. The number of piperidine rings is 1. The van der Waals surface area contributed by atoms with Gasteiger partial charge in [0.15, 0.2) is 0 Å². The molecule has 1 aromatic rings. The van der Waals surface area contributed by atoms with Crippen molar-refractivity contribution in [3.8, 4) is 0 Å². The summed E-state index contributed by atoms with van der Waals surface area (Å²) in [4.78, 5) is 12.0. The summed E-state index contributed by atoms with van der Waals surface area (Å²) < 4.78 is 119. The lowest BCUT2D eigenvalue weighted by Crippen LogP contribution is -2.52. The second-order valence-corrected chi connectivity index (χ2v) is 11.5. The fraction of sp³-hybridized carbons (Fsp3) is 0.682. The predicted molar refractivity (Wildman–Crippen MR) is 113 cm³/mol. The van der Waals surface area contributed by atoms with Crippen molar-refractivity contribution in [2.45, 2.75) is 68.2 Å². The van der Waals surface area contributed by atoms with Crippen LogP contribution in [-0.2, 0) is 19.6 Å². The molecule has 0 aromatic heterocycles. The van der Waals surface area contributed by atoms with Crippen molar-refractivity contribution < 1.29 is 43.9 Å². The first-order valence-corrected chi connectivity index (χ1v) is 12.8. The number of nitrogens with one attached hydrogen (secondary N) is 1. The molecule has 0 radical (unpaired) electrons. The standard InChI is InChI=1S/C22H27F7N2O3S/c23-16-1-2-18(24)17(14-16)20(35(33,34)31-11-8-21(25,26)9-12-31)5-3-15(4-6-20)13-19(32)30-10-7-22(27,28)29/h1-2,14-15H,3-13H2,(H,30,32). The molecule has 5 nitrogen and oxygen atoms in total. The van der Waals surface area contributed by atoms with E-state index in [1.165, 1.54) is 0 Å². The maximum Gasteiger partial charge on any atom is 0.390 e. The van der Waals surface area contributed by atoms with Crippen LogP contribution in [0.1, 0.15) is 56.9 Å². The lowest BCUT2D eigenvalue weighted by atomic mass is 9.76. The second kappa shape index (κ2) is 10.2. The molecule has 0 bridgehead atoms. The number of carbonyl (C=O) groups is 1. The smallest absolute Gasteiger partial charge is 0.356 e. The second-order valence-electron chi connectivity index (χ2n) is 9.24. The minimum atomic E-state index is -4.42. The van der Waals surface area contributed by atoms with Crippen LogP contribution in [0.2, 0.25) is 0 Å². The molecule has 1 heterocycles. The number of hydrogen-bond donors (Lipinski definition) is 1. The number of nitrogens with zero attached hydrogens (tertiary/aromatic N) is 1. The first kappa shape index (κ1) is 27.7.